The minimum atomic E-state index is -3.70. The molecule has 4 rings (SSSR count). The Kier molecular flexibility index (Phi) is 11.4. The first-order valence-electron chi connectivity index (χ1n) is 15.8. The van der Waals surface area contributed by atoms with E-state index in [9.17, 15) is 8.42 Å². The molecule has 10 nitrogen and oxygen atoms in total. The third-order valence-corrected chi connectivity index (χ3v) is 11.7. The zero-order chi connectivity index (χ0) is 31.2. The second-order valence-electron chi connectivity index (χ2n) is 12.5. The fourth-order valence-electron chi connectivity index (χ4n) is 6.71. The summed E-state index contributed by atoms with van der Waals surface area (Å²) >= 11 is 0. The van der Waals surface area contributed by atoms with Gasteiger partial charge in [0.15, 0.2) is 0 Å². The second-order valence-corrected chi connectivity index (χ2v) is 14.4. The van der Waals surface area contributed by atoms with E-state index in [1.54, 1.807) is 35.8 Å². The Labute approximate surface area is 259 Å². The summed E-state index contributed by atoms with van der Waals surface area (Å²) in [5.41, 5.74) is 8.21. The number of methoxy groups -OCH3 is 1. The molecule has 0 amide bonds. The Bertz CT molecular complexity index is 1290. The topological polar surface area (TPSA) is 114 Å². The van der Waals surface area contributed by atoms with Gasteiger partial charge in [-0.1, -0.05) is 19.8 Å². The third kappa shape index (κ3) is 7.86. The molecule has 2 fully saturated rings. The number of nitrogens with zero attached hydrogens (tertiary/aromatic N) is 5. The molecule has 1 aromatic carbocycles. The second kappa shape index (κ2) is 14.6. The fraction of sp³-hybridized carbons (Fsp3) is 0.688. The number of unbranched alkanes of at least 4 members (excludes halogenated alkanes) is 1. The number of ether oxygens (including phenoxy) is 2. The van der Waals surface area contributed by atoms with E-state index < -0.39 is 10.0 Å². The van der Waals surface area contributed by atoms with Crippen LogP contribution in [0.25, 0.3) is 0 Å². The zero-order valence-electron chi connectivity index (χ0n) is 27.0. The van der Waals surface area contributed by atoms with Gasteiger partial charge in [-0.25, -0.2) is 13.4 Å². The first-order valence-corrected chi connectivity index (χ1v) is 17.2. The highest BCUT2D eigenvalue weighted by Crippen LogP contribution is 2.34. The van der Waals surface area contributed by atoms with Crippen LogP contribution in [0.15, 0.2) is 29.3 Å². The molecular formula is C32H52N6O4S. The number of aryl methyl sites for hydroxylation is 2. The summed E-state index contributed by atoms with van der Waals surface area (Å²) in [6.45, 7) is 9.64. The van der Waals surface area contributed by atoms with E-state index >= 15 is 0 Å². The average molecular weight is 617 g/mol. The molecule has 2 aliphatic rings. The molecule has 0 saturated carbocycles. The smallest absolute Gasteiger partial charge is 0.243 e. The van der Waals surface area contributed by atoms with Crippen LogP contribution in [0.2, 0.25) is 0 Å². The molecule has 2 atom stereocenters. The zero-order valence-corrected chi connectivity index (χ0v) is 27.8. The van der Waals surface area contributed by atoms with E-state index in [4.69, 9.17) is 15.2 Å². The lowest BCUT2D eigenvalue weighted by Crippen LogP contribution is -2.52. The number of rotatable bonds is 14. The number of hydrogen-bond donors (Lipinski definition) is 1. The maximum atomic E-state index is 13.7. The summed E-state index contributed by atoms with van der Waals surface area (Å²) in [6.07, 6.45) is 10.1. The van der Waals surface area contributed by atoms with E-state index in [0.717, 1.165) is 38.9 Å². The van der Waals surface area contributed by atoms with Crippen molar-refractivity contribution in [1.29, 1.82) is 0 Å². The molecule has 0 radical (unpaired) electrons. The predicted octanol–water partition coefficient (Wildman–Crippen LogP) is 4.31. The van der Waals surface area contributed by atoms with Gasteiger partial charge in [-0.2, -0.15) is 9.29 Å². The van der Waals surface area contributed by atoms with Crippen molar-refractivity contribution >= 4 is 10.0 Å². The van der Waals surface area contributed by atoms with Gasteiger partial charge in [0, 0.05) is 30.9 Å². The number of hydrogen-bond acceptors (Lipinski definition) is 9. The Morgan fingerprint density at radius 3 is 2.49 bits per heavy atom. The number of likely N-dealkylation sites (tertiary alicyclic amines) is 1. The number of aromatic nitrogens is 2. The van der Waals surface area contributed by atoms with Crippen molar-refractivity contribution in [3.63, 3.8) is 0 Å². The van der Waals surface area contributed by atoms with Crippen molar-refractivity contribution < 1.29 is 17.9 Å². The van der Waals surface area contributed by atoms with Gasteiger partial charge in [0.05, 0.1) is 24.1 Å². The Balaban J connectivity index is 1.32. The molecule has 1 unspecified atom stereocenters. The average Bonchev–Trinajstić information content (AvgIpc) is 3.47. The van der Waals surface area contributed by atoms with Crippen molar-refractivity contribution in [3.8, 4) is 11.6 Å². The lowest BCUT2D eigenvalue weighted by atomic mass is 9.81. The number of nitrogens with two attached hydrogens (primary N) is 1. The normalized spacial score (nSPS) is 20.4. The van der Waals surface area contributed by atoms with Gasteiger partial charge in [0.2, 0.25) is 15.9 Å². The van der Waals surface area contributed by atoms with Crippen LogP contribution >= 0.6 is 0 Å². The number of piperidine rings is 1. The fourth-order valence-corrected chi connectivity index (χ4v) is 8.81. The van der Waals surface area contributed by atoms with Crippen LogP contribution in [-0.2, 0) is 10.0 Å². The predicted molar refractivity (Wildman–Crippen MR) is 170 cm³/mol. The molecule has 11 heteroatoms. The molecule has 43 heavy (non-hydrogen) atoms. The van der Waals surface area contributed by atoms with Crippen molar-refractivity contribution in [3.05, 3.63) is 41.3 Å². The highest BCUT2D eigenvalue weighted by Gasteiger charge is 2.38. The minimum Gasteiger partial charge on any atom is -0.497 e. The highest BCUT2D eigenvalue weighted by atomic mass is 32.2. The summed E-state index contributed by atoms with van der Waals surface area (Å²) < 4.78 is 40.4. The third-order valence-electron chi connectivity index (χ3n) is 9.45. The van der Waals surface area contributed by atoms with Gasteiger partial charge in [0.25, 0.3) is 0 Å². The molecule has 0 bridgehead atoms. The van der Waals surface area contributed by atoms with Crippen LogP contribution in [0.3, 0.4) is 0 Å². The summed E-state index contributed by atoms with van der Waals surface area (Å²) in [6, 6.07) is 4.67. The molecule has 2 saturated heterocycles. The first-order chi connectivity index (χ1) is 20.5. The minimum absolute atomic E-state index is 0.221. The van der Waals surface area contributed by atoms with E-state index in [1.807, 2.05) is 13.8 Å². The Morgan fingerprint density at radius 2 is 1.86 bits per heavy atom. The summed E-state index contributed by atoms with van der Waals surface area (Å²) in [7, 11) is 2.33. The monoisotopic (exact) mass is 616 g/mol. The standard InChI is InChI=1S/C32H52N6O4S/c1-7-8-13-32(36(4)5)14-19-37(20-15-32)18-12-28(33)31-34-16-11-29(35-31)42-23-26-10-9-17-38(26)43(39,40)30-24(2)21-27(41-6)22-25(30)3/h11,16,21-22,26,28H,7-10,12-15,17-20,23,33H2,1-6H3/t26-,28?/m0/s1. The lowest BCUT2D eigenvalue weighted by Gasteiger charge is -2.46. The number of benzene rings is 1. The van der Waals surface area contributed by atoms with Gasteiger partial charge in [-0.15, -0.1) is 0 Å². The van der Waals surface area contributed by atoms with Gasteiger partial charge < -0.3 is 25.0 Å². The lowest BCUT2D eigenvalue weighted by molar-refractivity contribution is 0.0463. The van der Waals surface area contributed by atoms with E-state index in [0.29, 0.717) is 45.6 Å². The molecule has 2 aliphatic heterocycles. The van der Waals surface area contributed by atoms with Gasteiger partial charge in [0.1, 0.15) is 18.2 Å². The van der Waals surface area contributed by atoms with Crippen molar-refractivity contribution in [2.45, 2.75) is 94.7 Å². The first kappa shape index (κ1) is 33.6. The van der Waals surface area contributed by atoms with Crippen molar-refractivity contribution in [2.75, 3.05) is 54.0 Å². The maximum Gasteiger partial charge on any atom is 0.243 e. The summed E-state index contributed by atoms with van der Waals surface area (Å²) in [5, 5.41) is 0. The van der Waals surface area contributed by atoms with Crippen LogP contribution in [0.1, 0.15) is 81.3 Å². The highest BCUT2D eigenvalue weighted by molar-refractivity contribution is 7.89. The molecule has 240 valence electrons. The summed E-state index contributed by atoms with van der Waals surface area (Å²) in [4.78, 5) is 14.3. The van der Waals surface area contributed by atoms with Gasteiger partial charge >= 0.3 is 0 Å². The summed E-state index contributed by atoms with van der Waals surface area (Å²) in [5.74, 6) is 1.63. The van der Waals surface area contributed by atoms with Crippen LogP contribution in [0.4, 0.5) is 0 Å². The Hall–Kier alpha value is -2.31. The molecule has 0 spiro atoms. The van der Waals surface area contributed by atoms with Crippen LogP contribution in [-0.4, -0.2) is 98.1 Å². The maximum absolute atomic E-state index is 13.7. The van der Waals surface area contributed by atoms with E-state index in [-0.39, 0.29) is 18.7 Å². The van der Waals surface area contributed by atoms with Crippen molar-refractivity contribution in [2.24, 2.45) is 5.73 Å². The number of sulfonamides is 1. The van der Waals surface area contributed by atoms with Crippen molar-refractivity contribution in [1.82, 2.24) is 24.1 Å². The Morgan fingerprint density at radius 1 is 1.16 bits per heavy atom. The largest absolute Gasteiger partial charge is 0.497 e. The molecule has 1 aromatic heterocycles. The van der Waals surface area contributed by atoms with Crippen LogP contribution in [0.5, 0.6) is 11.6 Å². The van der Waals surface area contributed by atoms with Crippen LogP contribution < -0.4 is 15.2 Å². The van der Waals surface area contributed by atoms with Gasteiger partial charge in [-0.3, -0.25) is 0 Å². The SMILES string of the molecule is CCCCC1(N(C)C)CCN(CCC(N)c2nccc(OC[C@@H]3CCCN3S(=O)(=O)c3c(C)cc(OC)cc3C)n2)CC1. The molecule has 2 aromatic rings. The molecule has 3 heterocycles. The molecular weight excluding hydrogens is 564 g/mol. The molecule has 2 N–H and O–H groups in total. The van der Waals surface area contributed by atoms with E-state index in [1.165, 1.54) is 32.1 Å². The van der Waals surface area contributed by atoms with Gasteiger partial charge in [-0.05, 0) is 103 Å². The van der Waals surface area contributed by atoms with E-state index in [2.05, 4.69) is 40.8 Å². The quantitative estimate of drug-likeness (QED) is 0.332. The van der Waals surface area contributed by atoms with Crippen LogP contribution in [0, 0.1) is 13.8 Å². The molecule has 0 aliphatic carbocycles.